The molecule has 3 aromatic carbocycles. The number of para-hydroxylation sites is 1. The van der Waals surface area contributed by atoms with Crippen molar-refractivity contribution in [1.29, 1.82) is 0 Å². The average molecular weight is 537 g/mol. The lowest BCUT2D eigenvalue weighted by atomic mass is 10.2. The molecule has 158 valence electrons. The molecule has 0 amide bonds. The summed E-state index contributed by atoms with van der Waals surface area (Å²) in [6.07, 6.45) is -0.982. The van der Waals surface area contributed by atoms with Crippen LogP contribution in [0.15, 0.2) is 83.8 Å². The van der Waals surface area contributed by atoms with Crippen molar-refractivity contribution in [3.63, 3.8) is 0 Å². The van der Waals surface area contributed by atoms with Crippen molar-refractivity contribution in [2.45, 2.75) is 24.5 Å². The fourth-order valence-corrected chi connectivity index (χ4v) is 5.31. The molecule has 0 saturated carbocycles. The number of hydrogen-bond donors (Lipinski definition) is 1. The summed E-state index contributed by atoms with van der Waals surface area (Å²) in [5.74, 6) is 0. The van der Waals surface area contributed by atoms with Crippen LogP contribution in [0.1, 0.15) is 11.1 Å². The zero-order valence-electron chi connectivity index (χ0n) is 16.6. The Morgan fingerprint density at radius 1 is 0.967 bits per heavy atom. The van der Waals surface area contributed by atoms with Gasteiger partial charge in [-0.3, -0.25) is 4.31 Å². The lowest BCUT2D eigenvalue weighted by Crippen LogP contribution is -2.39. The van der Waals surface area contributed by atoms with Gasteiger partial charge in [-0.1, -0.05) is 60.2 Å². The molecule has 0 spiro atoms. The van der Waals surface area contributed by atoms with Gasteiger partial charge < -0.3 is 9.84 Å². The summed E-state index contributed by atoms with van der Waals surface area (Å²) < 4.78 is 34.4. The molecule has 3 rings (SSSR count). The number of hydrogen-bond acceptors (Lipinski definition) is 4. The van der Waals surface area contributed by atoms with E-state index in [0.29, 0.717) is 12.3 Å². The highest BCUT2D eigenvalue weighted by Gasteiger charge is 2.28. The Kier molecular flexibility index (Phi) is 7.87. The van der Waals surface area contributed by atoms with Gasteiger partial charge in [-0.25, -0.2) is 8.42 Å². The molecular formula is C23H24INO4S. The van der Waals surface area contributed by atoms with Crippen molar-refractivity contribution in [1.82, 2.24) is 0 Å². The molecule has 0 aliphatic rings. The lowest BCUT2D eigenvalue weighted by molar-refractivity contribution is 0.0334. The number of halogens is 1. The minimum atomic E-state index is -3.85. The van der Waals surface area contributed by atoms with Crippen LogP contribution in [-0.4, -0.2) is 32.8 Å². The number of nitrogens with zero attached hydrogens (tertiary/aromatic N) is 1. The smallest absolute Gasteiger partial charge is 0.264 e. The van der Waals surface area contributed by atoms with Gasteiger partial charge in [0.05, 0.1) is 36.4 Å². The number of benzene rings is 3. The van der Waals surface area contributed by atoms with E-state index in [0.717, 1.165) is 14.7 Å². The van der Waals surface area contributed by atoms with E-state index in [9.17, 15) is 13.5 Å². The van der Waals surface area contributed by atoms with Crippen LogP contribution >= 0.6 is 22.6 Å². The highest BCUT2D eigenvalue weighted by Crippen LogP contribution is 2.28. The average Bonchev–Trinajstić information content (AvgIpc) is 2.74. The van der Waals surface area contributed by atoms with Crippen molar-refractivity contribution < 1.29 is 18.3 Å². The minimum Gasteiger partial charge on any atom is -0.389 e. The highest BCUT2D eigenvalue weighted by atomic mass is 127. The largest absolute Gasteiger partial charge is 0.389 e. The van der Waals surface area contributed by atoms with E-state index in [2.05, 4.69) is 22.6 Å². The van der Waals surface area contributed by atoms with Gasteiger partial charge in [0.1, 0.15) is 0 Å². The van der Waals surface area contributed by atoms with E-state index in [-0.39, 0.29) is 18.0 Å². The molecule has 5 nitrogen and oxygen atoms in total. The standard InChI is InChI=1S/C23H24INO4S/c1-18-11-13-21(14-12-18)30(27,28)25(23-10-6-5-9-22(23)24)15-20(26)17-29-16-19-7-3-2-4-8-19/h2-14,20,26H,15-17H2,1H3. The van der Waals surface area contributed by atoms with Crippen molar-refractivity contribution in [2.75, 3.05) is 17.5 Å². The molecule has 1 unspecified atom stereocenters. The summed E-state index contributed by atoms with van der Waals surface area (Å²) in [5.41, 5.74) is 2.50. The Bertz CT molecular complexity index is 1060. The summed E-state index contributed by atoms with van der Waals surface area (Å²) in [6, 6.07) is 23.6. The van der Waals surface area contributed by atoms with Gasteiger partial charge in [-0.15, -0.1) is 0 Å². The minimum absolute atomic E-state index is 0.0260. The summed E-state index contributed by atoms with van der Waals surface area (Å²) in [6.45, 7) is 2.18. The van der Waals surface area contributed by atoms with E-state index < -0.39 is 16.1 Å². The number of sulfonamides is 1. The van der Waals surface area contributed by atoms with E-state index in [4.69, 9.17) is 4.74 Å². The molecular weight excluding hydrogens is 513 g/mol. The van der Waals surface area contributed by atoms with Crippen LogP contribution in [0, 0.1) is 10.5 Å². The third kappa shape index (κ3) is 5.81. The first-order valence-corrected chi connectivity index (χ1v) is 12.0. The predicted octanol–water partition coefficient (Wildman–Crippen LogP) is 4.37. The van der Waals surface area contributed by atoms with E-state index in [1.807, 2.05) is 49.4 Å². The SMILES string of the molecule is Cc1ccc(S(=O)(=O)N(CC(O)COCc2ccccc2)c2ccccc2I)cc1. The molecule has 0 aliphatic heterocycles. The predicted molar refractivity (Wildman–Crippen MR) is 127 cm³/mol. The van der Waals surface area contributed by atoms with Crippen LogP contribution in [0.5, 0.6) is 0 Å². The molecule has 0 aliphatic carbocycles. The first-order valence-electron chi connectivity index (χ1n) is 9.51. The highest BCUT2D eigenvalue weighted by molar-refractivity contribution is 14.1. The van der Waals surface area contributed by atoms with Crippen LogP contribution in [0.25, 0.3) is 0 Å². The van der Waals surface area contributed by atoms with E-state index >= 15 is 0 Å². The molecule has 3 aromatic rings. The third-order valence-corrected chi connectivity index (χ3v) is 7.23. The van der Waals surface area contributed by atoms with Gasteiger partial charge >= 0.3 is 0 Å². The molecule has 0 aromatic heterocycles. The van der Waals surface area contributed by atoms with Gasteiger partial charge in [0.15, 0.2) is 0 Å². The lowest BCUT2D eigenvalue weighted by Gasteiger charge is -2.27. The molecule has 1 atom stereocenters. The molecule has 30 heavy (non-hydrogen) atoms. The van der Waals surface area contributed by atoms with Crippen LogP contribution in [0.3, 0.4) is 0 Å². The fourth-order valence-electron chi connectivity index (χ4n) is 2.95. The first kappa shape index (κ1) is 22.7. The van der Waals surface area contributed by atoms with Crippen LogP contribution in [0.4, 0.5) is 5.69 Å². The molecule has 0 fully saturated rings. The van der Waals surface area contributed by atoms with Crippen LogP contribution in [0.2, 0.25) is 0 Å². The summed E-state index contributed by atoms with van der Waals surface area (Å²) in [4.78, 5) is 0.185. The van der Waals surface area contributed by atoms with Crippen LogP contribution < -0.4 is 4.31 Å². The molecule has 7 heteroatoms. The Labute approximate surface area is 191 Å². The monoisotopic (exact) mass is 537 g/mol. The van der Waals surface area contributed by atoms with Crippen molar-refractivity contribution in [3.8, 4) is 0 Å². The fraction of sp³-hybridized carbons (Fsp3) is 0.217. The topological polar surface area (TPSA) is 66.8 Å². The number of aliphatic hydroxyl groups is 1. The Morgan fingerprint density at radius 3 is 2.27 bits per heavy atom. The van der Waals surface area contributed by atoms with E-state index in [1.165, 1.54) is 4.31 Å². The summed E-state index contributed by atoms with van der Waals surface area (Å²) in [5, 5.41) is 10.6. The Balaban J connectivity index is 1.79. The molecule has 0 saturated heterocycles. The maximum Gasteiger partial charge on any atom is 0.264 e. The Hall–Kier alpha value is -1.94. The van der Waals surface area contributed by atoms with Gasteiger partial charge in [0.2, 0.25) is 0 Å². The number of aliphatic hydroxyl groups excluding tert-OH is 1. The van der Waals surface area contributed by atoms with Gasteiger partial charge in [0, 0.05) is 3.57 Å². The number of ether oxygens (including phenoxy) is 1. The number of aryl methyl sites for hydroxylation is 1. The second kappa shape index (κ2) is 10.4. The molecule has 1 N–H and O–H groups in total. The van der Waals surface area contributed by atoms with Crippen molar-refractivity contribution >= 4 is 38.3 Å². The van der Waals surface area contributed by atoms with Crippen molar-refractivity contribution in [3.05, 3.63) is 93.6 Å². The van der Waals surface area contributed by atoms with Gasteiger partial charge in [-0.2, -0.15) is 0 Å². The first-order chi connectivity index (χ1) is 14.4. The zero-order valence-corrected chi connectivity index (χ0v) is 19.6. The molecule has 0 radical (unpaired) electrons. The number of rotatable bonds is 9. The maximum absolute atomic E-state index is 13.4. The second-order valence-electron chi connectivity index (χ2n) is 6.96. The van der Waals surface area contributed by atoms with Crippen LogP contribution in [-0.2, 0) is 21.4 Å². The normalized spacial score (nSPS) is 12.5. The molecule has 0 bridgehead atoms. The number of anilines is 1. The summed E-state index contributed by atoms with van der Waals surface area (Å²) >= 11 is 2.10. The quantitative estimate of drug-likeness (QED) is 0.412. The zero-order chi connectivity index (χ0) is 21.6. The molecule has 0 heterocycles. The third-order valence-electron chi connectivity index (χ3n) is 4.53. The van der Waals surface area contributed by atoms with Gasteiger partial charge in [-0.05, 0) is 59.3 Å². The van der Waals surface area contributed by atoms with E-state index in [1.54, 1.807) is 36.4 Å². The Morgan fingerprint density at radius 2 is 1.60 bits per heavy atom. The van der Waals surface area contributed by atoms with Gasteiger partial charge in [0.25, 0.3) is 10.0 Å². The van der Waals surface area contributed by atoms with Crippen molar-refractivity contribution in [2.24, 2.45) is 0 Å². The second-order valence-corrected chi connectivity index (χ2v) is 9.98. The summed E-state index contributed by atoms with van der Waals surface area (Å²) in [7, 11) is -3.85. The maximum atomic E-state index is 13.4.